The van der Waals surface area contributed by atoms with Crippen molar-refractivity contribution in [2.45, 2.75) is 37.1 Å². The highest BCUT2D eigenvalue weighted by Gasteiger charge is 2.42. The van der Waals surface area contributed by atoms with Gasteiger partial charge < -0.3 is 9.32 Å². The van der Waals surface area contributed by atoms with Gasteiger partial charge in [-0.1, -0.05) is 18.2 Å². The Morgan fingerprint density at radius 1 is 1.14 bits per heavy atom. The molecule has 0 unspecified atom stereocenters. The van der Waals surface area contributed by atoms with Gasteiger partial charge in [0.25, 0.3) is 15.9 Å². The molecule has 0 bridgehead atoms. The molecule has 1 aliphatic carbocycles. The fourth-order valence-corrected chi connectivity index (χ4v) is 5.09. The average molecular weight is 400 g/mol. The number of carbonyl (C=O) groups is 2. The van der Waals surface area contributed by atoms with Crippen LogP contribution in [0.5, 0.6) is 0 Å². The Morgan fingerprint density at radius 2 is 1.96 bits per heavy atom. The highest BCUT2D eigenvalue weighted by molar-refractivity contribution is 7.90. The van der Waals surface area contributed by atoms with Crippen molar-refractivity contribution in [1.82, 2.24) is 9.21 Å². The maximum Gasteiger partial charge on any atom is 0.269 e. The van der Waals surface area contributed by atoms with E-state index in [9.17, 15) is 18.0 Å². The summed E-state index contributed by atoms with van der Waals surface area (Å²) in [6.45, 7) is -0.333. The summed E-state index contributed by atoms with van der Waals surface area (Å²) in [5.41, 5.74) is 0.943. The Hall–Kier alpha value is -2.87. The summed E-state index contributed by atoms with van der Waals surface area (Å²) in [4.78, 5) is 27.2. The molecule has 2 aromatic rings. The van der Waals surface area contributed by atoms with E-state index in [1.807, 2.05) is 6.08 Å². The minimum absolute atomic E-state index is 0.0535. The van der Waals surface area contributed by atoms with Crippen molar-refractivity contribution in [3.63, 3.8) is 0 Å². The number of benzene rings is 1. The minimum Gasteiger partial charge on any atom is -0.467 e. The summed E-state index contributed by atoms with van der Waals surface area (Å²) >= 11 is 0. The van der Waals surface area contributed by atoms with Crippen LogP contribution >= 0.6 is 0 Å². The number of sulfonamides is 1. The van der Waals surface area contributed by atoms with E-state index >= 15 is 0 Å². The van der Waals surface area contributed by atoms with Crippen LogP contribution in [-0.4, -0.2) is 36.0 Å². The van der Waals surface area contributed by atoms with Crippen molar-refractivity contribution < 1.29 is 22.4 Å². The van der Waals surface area contributed by atoms with Crippen molar-refractivity contribution >= 4 is 21.8 Å². The number of fused-ring (bicyclic) bond motifs is 1. The summed E-state index contributed by atoms with van der Waals surface area (Å²) in [6, 6.07) is 9.51. The molecule has 4 rings (SSSR count). The highest BCUT2D eigenvalue weighted by Crippen LogP contribution is 2.30. The summed E-state index contributed by atoms with van der Waals surface area (Å²) in [7, 11) is -4.02. The first-order valence-corrected chi connectivity index (χ1v) is 10.6. The van der Waals surface area contributed by atoms with Crippen LogP contribution in [0.1, 0.15) is 41.8 Å². The number of hydrogen-bond donors (Lipinski definition) is 0. The smallest absolute Gasteiger partial charge is 0.269 e. The Kier molecular flexibility index (Phi) is 4.80. The van der Waals surface area contributed by atoms with Gasteiger partial charge in [0.2, 0.25) is 5.91 Å². The number of hydrogen-bond acceptors (Lipinski definition) is 5. The normalized spacial score (nSPS) is 17.9. The third-order valence-electron chi connectivity index (χ3n) is 5.00. The molecule has 0 atom stereocenters. The van der Waals surface area contributed by atoms with Crippen molar-refractivity contribution in [3.8, 4) is 0 Å². The zero-order valence-electron chi connectivity index (χ0n) is 15.2. The van der Waals surface area contributed by atoms with Gasteiger partial charge in [-0.25, -0.2) is 12.7 Å². The van der Waals surface area contributed by atoms with Crippen molar-refractivity contribution in [1.29, 1.82) is 0 Å². The van der Waals surface area contributed by atoms with Gasteiger partial charge in [0.1, 0.15) is 17.2 Å². The van der Waals surface area contributed by atoms with Crippen molar-refractivity contribution in [2.75, 3.05) is 6.54 Å². The third-order valence-corrected chi connectivity index (χ3v) is 6.79. The molecule has 2 amide bonds. The molecule has 1 aromatic carbocycles. The number of furan rings is 1. The third kappa shape index (κ3) is 3.24. The monoisotopic (exact) mass is 400 g/mol. The van der Waals surface area contributed by atoms with E-state index in [1.54, 1.807) is 24.3 Å². The molecule has 1 aliphatic heterocycles. The molecule has 0 N–H and O–H groups in total. The zero-order chi connectivity index (χ0) is 19.7. The predicted molar refractivity (Wildman–Crippen MR) is 100 cm³/mol. The molecule has 28 heavy (non-hydrogen) atoms. The van der Waals surface area contributed by atoms with Crippen LogP contribution in [-0.2, 0) is 21.4 Å². The lowest BCUT2D eigenvalue weighted by Crippen LogP contribution is -2.42. The summed E-state index contributed by atoms with van der Waals surface area (Å²) in [5.74, 6) is -0.521. The van der Waals surface area contributed by atoms with Gasteiger partial charge in [-0.2, -0.15) is 0 Å². The Balaban J connectivity index is 1.61. The fraction of sp³-hybridized carbons (Fsp3) is 0.300. The Morgan fingerprint density at radius 3 is 2.64 bits per heavy atom. The summed E-state index contributed by atoms with van der Waals surface area (Å²) in [5, 5.41) is 0. The molecule has 0 radical (unpaired) electrons. The number of carbonyl (C=O) groups excluding carboxylic acids is 2. The lowest BCUT2D eigenvalue weighted by atomic mass is 10.0. The van der Waals surface area contributed by atoms with E-state index in [4.69, 9.17) is 4.42 Å². The van der Waals surface area contributed by atoms with E-state index in [-0.39, 0.29) is 17.0 Å². The standard InChI is InChI=1S/C20H20N2O5S/c23-19(14-22-20(24)17-10-4-5-11-18(17)28(22,25)26)21(13-16-9-6-12-27-16)15-7-2-1-3-8-15/h4-7,9-12H,1-3,8,13-14H2. The van der Waals surface area contributed by atoms with Gasteiger partial charge in [-0.05, 0) is 49.9 Å². The molecule has 0 saturated heterocycles. The van der Waals surface area contributed by atoms with Gasteiger partial charge in [0.15, 0.2) is 0 Å². The first kappa shape index (κ1) is 18.5. The first-order chi connectivity index (χ1) is 13.5. The highest BCUT2D eigenvalue weighted by atomic mass is 32.2. The van der Waals surface area contributed by atoms with E-state index in [1.165, 1.54) is 23.3 Å². The van der Waals surface area contributed by atoms with Gasteiger partial charge in [0.05, 0.1) is 18.4 Å². The van der Waals surface area contributed by atoms with Crippen molar-refractivity contribution in [2.24, 2.45) is 0 Å². The van der Waals surface area contributed by atoms with Crippen LogP contribution in [0.15, 0.2) is 63.7 Å². The van der Waals surface area contributed by atoms with Crippen LogP contribution < -0.4 is 0 Å². The van der Waals surface area contributed by atoms with Crippen LogP contribution in [0.2, 0.25) is 0 Å². The van der Waals surface area contributed by atoms with Crippen LogP contribution in [0, 0.1) is 0 Å². The van der Waals surface area contributed by atoms with Gasteiger partial charge >= 0.3 is 0 Å². The number of nitrogens with zero attached hydrogens (tertiary/aromatic N) is 2. The summed E-state index contributed by atoms with van der Waals surface area (Å²) in [6.07, 6.45) is 7.13. The van der Waals surface area contributed by atoms with E-state index in [0.29, 0.717) is 10.1 Å². The lowest BCUT2D eigenvalue weighted by molar-refractivity contribution is -0.130. The largest absolute Gasteiger partial charge is 0.467 e. The van der Waals surface area contributed by atoms with E-state index < -0.39 is 28.4 Å². The maximum atomic E-state index is 13.1. The minimum atomic E-state index is -4.02. The topological polar surface area (TPSA) is 87.9 Å². The van der Waals surface area contributed by atoms with Gasteiger partial charge in [-0.15, -0.1) is 0 Å². The second-order valence-electron chi connectivity index (χ2n) is 6.81. The van der Waals surface area contributed by atoms with Crippen LogP contribution in [0.4, 0.5) is 0 Å². The molecule has 0 saturated carbocycles. The Bertz CT molecular complexity index is 1040. The molecule has 2 heterocycles. The Labute approximate surface area is 163 Å². The van der Waals surface area contributed by atoms with Crippen molar-refractivity contribution in [3.05, 3.63) is 65.8 Å². The first-order valence-electron chi connectivity index (χ1n) is 9.16. The molecule has 0 fully saturated rings. The quantitative estimate of drug-likeness (QED) is 0.770. The molecule has 0 spiro atoms. The molecular weight excluding hydrogens is 380 g/mol. The van der Waals surface area contributed by atoms with E-state index in [0.717, 1.165) is 31.4 Å². The average Bonchev–Trinajstić information content (AvgIpc) is 3.29. The van der Waals surface area contributed by atoms with Crippen LogP contribution in [0.25, 0.3) is 0 Å². The summed E-state index contributed by atoms with van der Waals surface area (Å²) < 4.78 is 31.5. The maximum absolute atomic E-state index is 13.1. The number of allylic oxidation sites excluding steroid dienone is 2. The lowest BCUT2D eigenvalue weighted by Gasteiger charge is -2.28. The molecule has 7 nitrogen and oxygen atoms in total. The SMILES string of the molecule is O=C(CN1C(=O)c2ccccc2S1(=O)=O)N(Cc1ccco1)C1=CCCCC1. The predicted octanol–water partition coefficient (Wildman–Crippen LogP) is 2.91. The van der Waals surface area contributed by atoms with Gasteiger partial charge in [-0.3, -0.25) is 9.59 Å². The number of rotatable bonds is 5. The van der Waals surface area contributed by atoms with Gasteiger partial charge in [0, 0.05) is 5.70 Å². The zero-order valence-corrected chi connectivity index (χ0v) is 16.0. The second kappa shape index (κ2) is 7.27. The molecule has 2 aliphatic rings. The second-order valence-corrected chi connectivity index (χ2v) is 8.64. The van der Waals surface area contributed by atoms with E-state index in [2.05, 4.69) is 0 Å². The molecule has 8 heteroatoms. The number of amides is 2. The molecule has 146 valence electrons. The van der Waals surface area contributed by atoms with Crippen LogP contribution in [0.3, 0.4) is 0 Å². The fourth-order valence-electron chi connectivity index (χ4n) is 3.57. The molecular formula is C20H20N2O5S. The molecule has 1 aromatic heterocycles.